The molecule has 2 N–H and O–H groups in total. The number of nitrogens with zero attached hydrogens (tertiary/aromatic N) is 3. The standard InChI is InChI=1S/C26H24N4O4/c1-17(2)30(20-14-12-19(13-15-20)27-18-8-4-3-5-9-18)23(31)16-29-25(32)22-11-7-6-10-21(22)24(28-29)26(33)34/h3-15,17,27H,16H2,1-2H3,(H,33,34). The van der Waals surface area contributed by atoms with Crippen LogP contribution in [-0.2, 0) is 11.3 Å². The Balaban J connectivity index is 1.62. The average molecular weight is 457 g/mol. The molecular weight excluding hydrogens is 432 g/mol. The summed E-state index contributed by atoms with van der Waals surface area (Å²) < 4.78 is 0.925. The number of amides is 1. The van der Waals surface area contributed by atoms with Gasteiger partial charge in [-0.05, 0) is 56.3 Å². The molecule has 0 aliphatic carbocycles. The van der Waals surface area contributed by atoms with E-state index in [1.54, 1.807) is 17.0 Å². The van der Waals surface area contributed by atoms with E-state index in [0.717, 1.165) is 16.1 Å². The van der Waals surface area contributed by atoms with Crippen LogP contribution in [0.15, 0.2) is 83.7 Å². The topological polar surface area (TPSA) is 105 Å². The first kappa shape index (κ1) is 22.7. The van der Waals surface area contributed by atoms with Gasteiger partial charge in [0.2, 0.25) is 5.91 Å². The molecule has 3 aromatic carbocycles. The molecule has 4 rings (SSSR count). The molecule has 0 fully saturated rings. The van der Waals surface area contributed by atoms with Crippen molar-refractivity contribution in [3.63, 3.8) is 0 Å². The summed E-state index contributed by atoms with van der Waals surface area (Å²) in [6.07, 6.45) is 0. The van der Waals surface area contributed by atoms with E-state index in [9.17, 15) is 19.5 Å². The van der Waals surface area contributed by atoms with Crippen LogP contribution < -0.4 is 15.8 Å². The van der Waals surface area contributed by atoms with Crippen LogP contribution in [0.4, 0.5) is 17.1 Å². The van der Waals surface area contributed by atoms with Crippen LogP contribution in [0.1, 0.15) is 24.3 Å². The third-order valence-electron chi connectivity index (χ3n) is 5.35. The SMILES string of the molecule is CC(C)N(C(=O)Cn1nc(C(=O)O)c2ccccc2c1=O)c1ccc(Nc2ccccc2)cc1. The number of hydrogen-bond donors (Lipinski definition) is 2. The summed E-state index contributed by atoms with van der Waals surface area (Å²) in [6.45, 7) is 3.35. The fourth-order valence-corrected chi connectivity index (χ4v) is 3.83. The monoisotopic (exact) mass is 456 g/mol. The van der Waals surface area contributed by atoms with E-state index in [-0.39, 0.29) is 35.0 Å². The van der Waals surface area contributed by atoms with Crippen LogP contribution in [0.25, 0.3) is 10.8 Å². The number of aromatic nitrogens is 2. The van der Waals surface area contributed by atoms with Gasteiger partial charge in [0.25, 0.3) is 5.56 Å². The summed E-state index contributed by atoms with van der Waals surface area (Å²) in [5.41, 5.74) is 1.69. The molecule has 0 atom stereocenters. The predicted molar refractivity (Wildman–Crippen MR) is 132 cm³/mol. The molecule has 0 radical (unpaired) electrons. The number of aromatic carboxylic acids is 1. The first-order valence-corrected chi connectivity index (χ1v) is 10.8. The Hall–Kier alpha value is -4.46. The third kappa shape index (κ3) is 4.66. The number of carboxylic acid groups (broad SMARTS) is 1. The molecule has 0 unspecified atom stereocenters. The maximum absolute atomic E-state index is 13.3. The van der Waals surface area contributed by atoms with E-state index in [1.807, 2.05) is 68.4 Å². The minimum atomic E-state index is -1.26. The molecule has 172 valence electrons. The van der Waals surface area contributed by atoms with Crippen molar-refractivity contribution in [3.8, 4) is 0 Å². The molecule has 1 aromatic heterocycles. The van der Waals surface area contributed by atoms with Crippen LogP contribution >= 0.6 is 0 Å². The summed E-state index contributed by atoms with van der Waals surface area (Å²) in [5.74, 6) is -1.64. The zero-order valence-corrected chi connectivity index (χ0v) is 18.8. The van der Waals surface area contributed by atoms with Gasteiger partial charge in [-0.1, -0.05) is 36.4 Å². The molecule has 4 aromatic rings. The highest BCUT2D eigenvalue weighted by Crippen LogP contribution is 2.23. The largest absolute Gasteiger partial charge is 0.476 e. The molecule has 0 aliphatic heterocycles. The number of fused-ring (bicyclic) bond motifs is 1. The molecule has 1 amide bonds. The quantitative estimate of drug-likeness (QED) is 0.430. The maximum atomic E-state index is 13.3. The molecular formula is C26H24N4O4. The summed E-state index contributed by atoms with van der Waals surface area (Å²) in [7, 11) is 0. The highest BCUT2D eigenvalue weighted by Gasteiger charge is 2.22. The van der Waals surface area contributed by atoms with Crippen molar-refractivity contribution in [3.05, 3.63) is 94.9 Å². The first-order chi connectivity index (χ1) is 16.3. The Bertz CT molecular complexity index is 1400. The zero-order chi connectivity index (χ0) is 24.2. The fraction of sp³-hybridized carbons (Fsp3) is 0.154. The van der Waals surface area contributed by atoms with Crippen molar-refractivity contribution in [2.75, 3.05) is 10.2 Å². The predicted octanol–water partition coefficient (Wildman–Crippen LogP) is 4.28. The van der Waals surface area contributed by atoms with Gasteiger partial charge in [0.05, 0.1) is 5.39 Å². The molecule has 34 heavy (non-hydrogen) atoms. The van der Waals surface area contributed by atoms with Crippen LogP contribution in [0.2, 0.25) is 0 Å². The normalized spacial score (nSPS) is 10.9. The molecule has 0 spiro atoms. The second-order valence-corrected chi connectivity index (χ2v) is 8.06. The Kier molecular flexibility index (Phi) is 6.40. The summed E-state index contributed by atoms with van der Waals surface area (Å²) in [5, 5.41) is 17.3. The Morgan fingerprint density at radius 3 is 2.12 bits per heavy atom. The van der Waals surface area contributed by atoms with Crippen LogP contribution in [-0.4, -0.2) is 32.8 Å². The lowest BCUT2D eigenvalue weighted by Gasteiger charge is -2.27. The van der Waals surface area contributed by atoms with Gasteiger partial charge in [0, 0.05) is 28.5 Å². The van der Waals surface area contributed by atoms with Crippen LogP contribution in [0.5, 0.6) is 0 Å². The lowest BCUT2D eigenvalue weighted by Crippen LogP contribution is -2.41. The summed E-state index contributed by atoms with van der Waals surface area (Å²) >= 11 is 0. The number of nitrogens with one attached hydrogen (secondary N) is 1. The number of benzene rings is 3. The van der Waals surface area contributed by atoms with Crippen molar-refractivity contribution in [1.82, 2.24) is 9.78 Å². The van der Waals surface area contributed by atoms with Crippen molar-refractivity contribution in [2.24, 2.45) is 0 Å². The molecule has 0 aliphatic rings. The second-order valence-electron chi connectivity index (χ2n) is 8.06. The van der Waals surface area contributed by atoms with Gasteiger partial charge < -0.3 is 15.3 Å². The molecule has 8 heteroatoms. The maximum Gasteiger partial charge on any atom is 0.357 e. The van der Waals surface area contributed by atoms with Gasteiger partial charge in [-0.15, -0.1) is 0 Å². The Morgan fingerprint density at radius 1 is 0.912 bits per heavy atom. The van der Waals surface area contributed by atoms with Gasteiger partial charge >= 0.3 is 5.97 Å². The van der Waals surface area contributed by atoms with E-state index in [1.165, 1.54) is 12.1 Å². The van der Waals surface area contributed by atoms with Crippen LogP contribution in [0, 0.1) is 0 Å². The summed E-state index contributed by atoms with van der Waals surface area (Å²) in [4.78, 5) is 39.5. The molecule has 0 saturated heterocycles. The van der Waals surface area contributed by atoms with E-state index in [0.29, 0.717) is 5.69 Å². The van der Waals surface area contributed by atoms with Gasteiger partial charge in [-0.3, -0.25) is 9.59 Å². The highest BCUT2D eigenvalue weighted by atomic mass is 16.4. The smallest absolute Gasteiger partial charge is 0.357 e. The highest BCUT2D eigenvalue weighted by molar-refractivity contribution is 6.01. The fourth-order valence-electron chi connectivity index (χ4n) is 3.83. The van der Waals surface area contributed by atoms with E-state index < -0.39 is 11.5 Å². The zero-order valence-electron chi connectivity index (χ0n) is 18.8. The number of carboxylic acids is 1. The van der Waals surface area contributed by atoms with Crippen molar-refractivity contribution >= 4 is 39.7 Å². The van der Waals surface area contributed by atoms with Crippen molar-refractivity contribution < 1.29 is 14.7 Å². The van der Waals surface area contributed by atoms with Crippen molar-refractivity contribution in [1.29, 1.82) is 0 Å². The van der Waals surface area contributed by atoms with Gasteiger partial charge in [-0.2, -0.15) is 5.10 Å². The number of carbonyl (C=O) groups excluding carboxylic acids is 1. The van der Waals surface area contributed by atoms with Crippen LogP contribution in [0.3, 0.4) is 0 Å². The minimum absolute atomic E-state index is 0.199. The molecule has 8 nitrogen and oxygen atoms in total. The Morgan fingerprint density at radius 2 is 1.50 bits per heavy atom. The third-order valence-corrected chi connectivity index (χ3v) is 5.35. The van der Waals surface area contributed by atoms with Crippen molar-refractivity contribution in [2.45, 2.75) is 26.4 Å². The second kappa shape index (κ2) is 9.58. The molecule has 0 saturated carbocycles. The van der Waals surface area contributed by atoms with Gasteiger partial charge in [0.1, 0.15) is 6.54 Å². The first-order valence-electron chi connectivity index (χ1n) is 10.8. The van der Waals surface area contributed by atoms with E-state index in [2.05, 4.69) is 10.4 Å². The number of rotatable bonds is 7. The number of anilines is 3. The Labute approximate surface area is 196 Å². The lowest BCUT2D eigenvalue weighted by atomic mass is 10.1. The van der Waals surface area contributed by atoms with Gasteiger partial charge in [-0.25, -0.2) is 9.48 Å². The summed E-state index contributed by atoms with van der Waals surface area (Å²) in [6, 6.07) is 23.3. The lowest BCUT2D eigenvalue weighted by molar-refractivity contribution is -0.119. The number of carbonyl (C=O) groups is 2. The van der Waals surface area contributed by atoms with E-state index in [4.69, 9.17) is 0 Å². The molecule has 0 bridgehead atoms. The average Bonchev–Trinajstić information content (AvgIpc) is 2.82. The van der Waals surface area contributed by atoms with E-state index >= 15 is 0 Å². The number of hydrogen-bond acceptors (Lipinski definition) is 5. The number of para-hydroxylation sites is 1. The molecule has 1 heterocycles. The van der Waals surface area contributed by atoms with Gasteiger partial charge in [0.15, 0.2) is 5.69 Å². The minimum Gasteiger partial charge on any atom is -0.476 e.